The molecule has 5 heteroatoms. The average Bonchev–Trinajstić information content (AvgIpc) is 3.01. The Hall–Kier alpha value is -1.62. The van der Waals surface area contributed by atoms with Gasteiger partial charge in [0.2, 0.25) is 0 Å². The highest BCUT2D eigenvalue weighted by atomic mass is 19.1. The molecule has 3 rings (SSSR count). The van der Waals surface area contributed by atoms with Crippen molar-refractivity contribution in [2.24, 2.45) is 5.41 Å². The summed E-state index contributed by atoms with van der Waals surface area (Å²) in [6, 6.07) is 4.00. The van der Waals surface area contributed by atoms with Crippen LogP contribution >= 0.6 is 0 Å². The largest absolute Gasteiger partial charge is 0.478 e. The third-order valence-electron chi connectivity index (χ3n) is 4.30. The van der Waals surface area contributed by atoms with Gasteiger partial charge in [0.15, 0.2) is 0 Å². The van der Waals surface area contributed by atoms with E-state index in [4.69, 9.17) is 5.11 Å². The molecule has 102 valence electrons. The number of carbonyl (C=O) groups is 1. The topological polar surface area (TPSA) is 52.6 Å². The molecule has 0 bridgehead atoms. The number of nitrogens with zero attached hydrogens (tertiary/aromatic N) is 1. The maximum Gasteiger partial charge on any atom is 0.335 e. The van der Waals surface area contributed by atoms with Crippen molar-refractivity contribution in [2.75, 3.05) is 31.1 Å². The van der Waals surface area contributed by atoms with Crippen molar-refractivity contribution in [1.29, 1.82) is 0 Å². The zero-order valence-corrected chi connectivity index (χ0v) is 10.7. The van der Waals surface area contributed by atoms with E-state index < -0.39 is 5.97 Å². The average molecular weight is 264 g/mol. The number of carboxylic acids is 1. The number of hydrogen-bond acceptors (Lipinski definition) is 3. The smallest absolute Gasteiger partial charge is 0.335 e. The first-order valence-corrected chi connectivity index (χ1v) is 6.58. The Morgan fingerprint density at radius 3 is 2.95 bits per heavy atom. The Morgan fingerprint density at radius 2 is 2.26 bits per heavy atom. The number of rotatable bonds is 2. The van der Waals surface area contributed by atoms with E-state index >= 15 is 0 Å². The van der Waals surface area contributed by atoms with E-state index in [-0.39, 0.29) is 16.8 Å². The van der Waals surface area contributed by atoms with Crippen molar-refractivity contribution >= 4 is 11.7 Å². The quantitative estimate of drug-likeness (QED) is 0.854. The SMILES string of the molecule is O=C(O)c1ccc(F)c(N2CCC3(CCNC3)C2)c1. The molecule has 0 saturated carbocycles. The fourth-order valence-corrected chi connectivity index (χ4v) is 3.17. The van der Waals surface area contributed by atoms with E-state index in [1.807, 2.05) is 4.90 Å². The Balaban J connectivity index is 1.86. The van der Waals surface area contributed by atoms with Crippen molar-refractivity contribution in [3.05, 3.63) is 29.6 Å². The lowest BCUT2D eigenvalue weighted by atomic mass is 9.86. The molecule has 1 atom stereocenters. The van der Waals surface area contributed by atoms with Gasteiger partial charge in [-0.1, -0.05) is 0 Å². The van der Waals surface area contributed by atoms with Crippen LogP contribution in [0.2, 0.25) is 0 Å². The van der Waals surface area contributed by atoms with Crippen molar-refractivity contribution in [2.45, 2.75) is 12.8 Å². The van der Waals surface area contributed by atoms with Crippen molar-refractivity contribution in [1.82, 2.24) is 5.32 Å². The summed E-state index contributed by atoms with van der Waals surface area (Å²) in [5, 5.41) is 12.4. The highest BCUT2D eigenvalue weighted by Gasteiger charge is 2.40. The lowest BCUT2D eigenvalue weighted by Crippen LogP contribution is -2.29. The number of aromatic carboxylic acids is 1. The summed E-state index contributed by atoms with van der Waals surface area (Å²) in [6.07, 6.45) is 2.15. The normalized spacial score (nSPS) is 26.3. The first kappa shape index (κ1) is 12.4. The number of benzene rings is 1. The molecule has 0 aromatic heterocycles. The number of nitrogens with one attached hydrogen (secondary N) is 1. The minimum absolute atomic E-state index is 0.141. The Bertz CT molecular complexity index is 512. The number of carboxylic acid groups (broad SMARTS) is 1. The molecule has 4 nitrogen and oxygen atoms in total. The van der Waals surface area contributed by atoms with Crippen molar-refractivity contribution < 1.29 is 14.3 Å². The summed E-state index contributed by atoms with van der Waals surface area (Å²) < 4.78 is 13.9. The van der Waals surface area contributed by atoms with Crippen LogP contribution in [0, 0.1) is 11.2 Å². The van der Waals surface area contributed by atoms with Crippen LogP contribution in [0.5, 0.6) is 0 Å². The van der Waals surface area contributed by atoms with Crippen molar-refractivity contribution in [3.8, 4) is 0 Å². The van der Waals surface area contributed by atoms with Gasteiger partial charge in [-0.3, -0.25) is 0 Å². The van der Waals surface area contributed by atoms with Crippen LogP contribution in [0.15, 0.2) is 18.2 Å². The molecule has 0 amide bonds. The van der Waals surface area contributed by atoms with Gasteiger partial charge in [-0.25, -0.2) is 9.18 Å². The van der Waals surface area contributed by atoms with E-state index in [0.717, 1.165) is 39.0 Å². The fourth-order valence-electron chi connectivity index (χ4n) is 3.17. The molecule has 2 saturated heterocycles. The van der Waals surface area contributed by atoms with Crippen LogP contribution in [0.1, 0.15) is 23.2 Å². The van der Waals surface area contributed by atoms with Gasteiger partial charge in [-0.05, 0) is 37.6 Å². The van der Waals surface area contributed by atoms with E-state index in [2.05, 4.69) is 5.32 Å². The monoisotopic (exact) mass is 264 g/mol. The molecule has 1 aromatic carbocycles. The molecular weight excluding hydrogens is 247 g/mol. The summed E-state index contributed by atoms with van der Waals surface area (Å²) in [6.45, 7) is 3.59. The van der Waals surface area contributed by atoms with E-state index in [1.165, 1.54) is 18.2 Å². The summed E-state index contributed by atoms with van der Waals surface area (Å²) in [4.78, 5) is 13.0. The minimum atomic E-state index is -1.02. The predicted molar refractivity (Wildman–Crippen MR) is 70.1 cm³/mol. The Labute approximate surface area is 111 Å². The lowest BCUT2D eigenvalue weighted by Gasteiger charge is -2.24. The van der Waals surface area contributed by atoms with Gasteiger partial charge in [0, 0.05) is 25.0 Å². The van der Waals surface area contributed by atoms with Gasteiger partial charge in [0.25, 0.3) is 0 Å². The highest BCUT2D eigenvalue weighted by molar-refractivity contribution is 5.88. The van der Waals surface area contributed by atoms with Crippen molar-refractivity contribution in [3.63, 3.8) is 0 Å². The number of hydrogen-bond donors (Lipinski definition) is 2. The first-order valence-electron chi connectivity index (χ1n) is 6.58. The van der Waals surface area contributed by atoms with Crippen LogP contribution in [-0.4, -0.2) is 37.3 Å². The van der Waals surface area contributed by atoms with Gasteiger partial charge in [0.05, 0.1) is 11.3 Å². The predicted octanol–water partition coefficient (Wildman–Crippen LogP) is 1.71. The first-order chi connectivity index (χ1) is 9.10. The molecule has 1 aromatic rings. The zero-order valence-electron chi connectivity index (χ0n) is 10.7. The highest BCUT2D eigenvalue weighted by Crippen LogP contribution is 2.38. The summed E-state index contributed by atoms with van der Waals surface area (Å²) in [5.41, 5.74) is 0.802. The third-order valence-corrected chi connectivity index (χ3v) is 4.30. The van der Waals surface area contributed by atoms with Gasteiger partial charge in [-0.15, -0.1) is 0 Å². The molecule has 2 fully saturated rings. The second kappa shape index (κ2) is 4.49. The van der Waals surface area contributed by atoms with Gasteiger partial charge >= 0.3 is 5.97 Å². The fraction of sp³-hybridized carbons (Fsp3) is 0.500. The van der Waals surface area contributed by atoms with Crippen LogP contribution in [0.4, 0.5) is 10.1 Å². The second-order valence-corrected chi connectivity index (χ2v) is 5.57. The Kier molecular flexibility index (Phi) is 2.93. The molecule has 2 aliphatic rings. The molecule has 0 aliphatic carbocycles. The molecule has 2 aliphatic heterocycles. The van der Waals surface area contributed by atoms with Crippen LogP contribution in [0.25, 0.3) is 0 Å². The standard InChI is InChI=1S/C14H17FN2O2/c15-11-2-1-10(13(18)19)7-12(11)17-6-4-14(9-17)3-5-16-8-14/h1-2,7,16H,3-6,8-9H2,(H,18,19). The molecule has 2 heterocycles. The number of halogens is 1. The van der Waals surface area contributed by atoms with E-state index in [0.29, 0.717) is 5.69 Å². The van der Waals surface area contributed by atoms with E-state index in [1.54, 1.807) is 0 Å². The lowest BCUT2D eigenvalue weighted by molar-refractivity contribution is 0.0697. The maximum absolute atomic E-state index is 13.9. The summed E-state index contributed by atoms with van der Waals surface area (Å²) >= 11 is 0. The van der Waals surface area contributed by atoms with Crippen LogP contribution < -0.4 is 10.2 Å². The number of anilines is 1. The molecule has 19 heavy (non-hydrogen) atoms. The molecule has 2 N–H and O–H groups in total. The van der Waals surface area contributed by atoms with Gasteiger partial charge in [0.1, 0.15) is 5.82 Å². The maximum atomic E-state index is 13.9. The van der Waals surface area contributed by atoms with Crippen LogP contribution in [0.3, 0.4) is 0 Å². The van der Waals surface area contributed by atoms with Gasteiger partial charge in [-0.2, -0.15) is 0 Å². The molecule has 0 radical (unpaired) electrons. The summed E-state index contributed by atoms with van der Waals surface area (Å²) in [5.74, 6) is -1.36. The minimum Gasteiger partial charge on any atom is -0.478 e. The third kappa shape index (κ3) is 2.18. The zero-order chi connectivity index (χ0) is 13.5. The molecule has 1 unspecified atom stereocenters. The second-order valence-electron chi connectivity index (χ2n) is 5.57. The molecular formula is C14H17FN2O2. The molecule has 1 spiro atoms. The van der Waals surface area contributed by atoms with Crippen LogP contribution in [-0.2, 0) is 0 Å². The van der Waals surface area contributed by atoms with E-state index in [9.17, 15) is 9.18 Å². The Morgan fingerprint density at radius 1 is 1.42 bits per heavy atom. The summed E-state index contributed by atoms with van der Waals surface area (Å²) in [7, 11) is 0. The van der Waals surface area contributed by atoms with Gasteiger partial charge < -0.3 is 15.3 Å².